The third-order valence-corrected chi connectivity index (χ3v) is 8.34. The summed E-state index contributed by atoms with van der Waals surface area (Å²) < 4.78 is 2.61. The van der Waals surface area contributed by atoms with E-state index in [-0.39, 0.29) is 11.1 Å². The maximum atomic E-state index is 5.34. The highest BCUT2D eigenvalue weighted by atomic mass is 31.1. The van der Waals surface area contributed by atoms with Gasteiger partial charge in [-0.2, -0.15) is 0 Å². The molecular formula is C31H50N3P. The number of aliphatic imine (C=N–C) groups is 1. The van der Waals surface area contributed by atoms with Crippen LogP contribution in [0.25, 0.3) is 0 Å². The molecule has 2 aromatic rings. The van der Waals surface area contributed by atoms with Crippen molar-refractivity contribution in [2.75, 3.05) is 5.09 Å². The molecule has 2 rings (SSSR count). The van der Waals surface area contributed by atoms with Crippen molar-refractivity contribution < 1.29 is 0 Å². The predicted molar refractivity (Wildman–Crippen MR) is 160 cm³/mol. The molecule has 35 heavy (non-hydrogen) atoms. The molecule has 0 radical (unpaired) electrons. The van der Waals surface area contributed by atoms with E-state index in [0.29, 0.717) is 11.8 Å². The number of rotatable bonds is 9. The topological polar surface area (TPSA) is 27.6 Å². The number of amidine groups is 1. The first kappa shape index (κ1) is 29.4. The molecule has 0 saturated carbocycles. The summed E-state index contributed by atoms with van der Waals surface area (Å²) in [5.74, 6) is 2.09. The Kier molecular flexibility index (Phi) is 10.4. The van der Waals surface area contributed by atoms with E-state index in [2.05, 4.69) is 134 Å². The highest BCUT2D eigenvalue weighted by Crippen LogP contribution is 2.48. The van der Waals surface area contributed by atoms with Crippen molar-refractivity contribution in [1.29, 1.82) is 0 Å². The summed E-state index contributed by atoms with van der Waals surface area (Å²) in [5, 5.41) is 5.48. The van der Waals surface area contributed by atoms with E-state index in [4.69, 9.17) is 4.99 Å². The van der Waals surface area contributed by atoms with Crippen LogP contribution in [0.3, 0.4) is 0 Å². The zero-order chi connectivity index (χ0) is 26.4. The molecule has 1 N–H and O–H groups in total. The van der Waals surface area contributed by atoms with Gasteiger partial charge in [0, 0.05) is 23.0 Å². The molecule has 0 aliphatic heterocycles. The third-order valence-electron chi connectivity index (χ3n) is 5.89. The van der Waals surface area contributed by atoms with Crippen LogP contribution in [-0.2, 0) is 0 Å². The molecule has 0 aliphatic rings. The molecule has 0 spiro atoms. The molecular weight excluding hydrogens is 445 g/mol. The SMILES string of the molecule is CCCCC(=NC(C)(C)C)N(P(Nc1c(C(C)C)cccc1C(C)C)c1ccccc1)C(C)(C)C. The van der Waals surface area contributed by atoms with Crippen LogP contribution in [-0.4, -0.2) is 21.6 Å². The number of benzene rings is 2. The van der Waals surface area contributed by atoms with Crippen LogP contribution >= 0.6 is 8.22 Å². The normalized spacial score (nSPS) is 13.9. The number of hydrogen-bond acceptors (Lipinski definition) is 2. The van der Waals surface area contributed by atoms with Crippen LogP contribution in [0.15, 0.2) is 53.5 Å². The minimum absolute atomic E-state index is 0.100. The summed E-state index contributed by atoms with van der Waals surface area (Å²) in [5.41, 5.74) is 3.83. The fourth-order valence-electron chi connectivity index (χ4n) is 4.32. The lowest BCUT2D eigenvalue weighted by Crippen LogP contribution is -2.46. The monoisotopic (exact) mass is 495 g/mol. The Morgan fingerprint density at radius 2 is 1.40 bits per heavy atom. The molecule has 0 fully saturated rings. The Balaban J connectivity index is 2.80. The lowest BCUT2D eigenvalue weighted by atomic mass is 9.93. The molecule has 2 aromatic carbocycles. The van der Waals surface area contributed by atoms with Gasteiger partial charge in [0.2, 0.25) is 0 Å². The number of unbranched alkanes of at least 4 members (excludes halogenated alkanes) is 1. The Morgan fingerprint density at radius 1 is 0.857 bits per heavy atom. The standard InChI is InChI=1S/C31H50N3P/c1-12-13-22-28(32-30(6,7)8)34(31(9,10)11)35(25-18-15-14-16-19-25)33-29-26(23(2)3)20-17-21-27(29)24(4)5/h14-21,23-24,33H,12-13,22H2,1-11H3. The van der Waals surface area contributed by atoms with E-state index in [9.17, 15) is 0 Å². The zero-order valence-electron chi connectivity index (χ0n) is 24.2. The average Bonchev–Trinajstić information content (AvgIpc) is 2.75. The van der Waals surface area contributed by atoms with Gasteiger partial charge in [0.15, 0.2) is 0 Å². The maximum Gasteiger partial charge on any atom is 0.127 e. The van der Waals surface area contributed by atoms with Gasteiger partial charge in [-0.25, -0.2) is 0 Å². The Morgan fingerprint density at radius 3 is 1.83 bits per heavy atom. The fourth-order valence-corrected chi connectivity index (χ4v) is 6.68. The number of anilines is 1. The highest BCUT2D eigenvalue weighted by molar-refractivity contribution is 7.65. The van der Waals surface area contributed by atoms with Gasteiger partial charge in [-0.1, -0.05) is 89.6 Å². The second kappa shape index (κ2) is 12.4. The van der Waals surface area contributed by atoms with Gasteiger partial charge in [-0.05, 0) is 70.9 Å². The average molecular weight is 496 g/mol. The number of para-hydroxylation sites is 1. The number of nitrogens with one attached hydrogen (secondary N) is 1. The van der Waals surface area contributed by atoms with Crippen LogP contribution in [0, 0.1) is 0 Å². The van der Waals surface area contributed by atoms with Crippen LogP contribution in [0.2, 0.25) is 0 Å². The summed E-state index contributed by atoms with van der Waals surface area (Å²) in [7, 11) is -0.922. The molecule has 0 amide bonds. The molecule has 194 valence electrons. The van der Waals surface area contributed by atoms with Crippen molar-refractivity contribution in [2.45, 2.75) is 118 Å². The van der Waals surface area contributed by atoms with Gasteiger partial charge in [0.1, 0.15) is 14.1 Å². The van der Waals surface area contributed by atoms with Gasteiger partial charge in [-0.15, -0.1) is 0 Å². The molecule has 0 saturated heterocycles. The predicted octanol–water partition coefficient (Wildman–Crippen LogP) is 9.47. The first-order valence-corrected chi connectivity index (χ1v) is 14.7. The van der Waals surface area contributed by atoms with E-state index in [1.54, 1.807) is 0 Å². The van der Waals surface area contributed by atoms with Gasteiger partial charge in [0.25, 0.3) is 0 Å². The number of hydrogen-bond donors (Lipinski definition) is 1. The molecule has 3 nitrogen and oxygen atoms in total. The summed E-state index contributed by atoms with van der Waals surface area (Å²) in [4.78, 5) is 5.34. The molecule has 0 aliphatic carbocycles. The first-order chi connectivity index (χ1) is 16.3. The van der Waals surface area contributed by atoms with E-state index in [1.165, 1.54) is 28.0 Å². The van der Waals surface area contributed by atoms with Crippen LogP contribution in [0.4, 0.5) is 5.69 Å². The largest absolute Gasteiger partial charge is 0.344 e. The molecule has 1 atom stereocenters. The smallest absolute Gasteiger partial charge is 0.127 e. The Bertz CT molecular complexity index is 923. The van der Waals surface area contributed by atoms with Gasteiger partial charge in [-0.3, -0.25) is 4.99 Å². The van der Waals surface area contributed by atoms with Gasteiger partial charge >= 0.3 is 0 Å². The van der Waals surface area contributed by atoms with Crippen molar-refractivity contribution in [3.8, 4) is 0 Å². The summed E-state index contributed by atoms with van der Waals surface area (Å²) in [6, 6.07) is 17.8. The van der Waals surface area contributed by atoms with E-state index < -0.39 is 8.22 Å². The van der Waals surface area contributed by atoms with Crippen LogP contribution in [0.5, 0.6) is 0 Å². The maximum absolute atomic E-state index is 5.34. The van der Waals surface area contributed by atoms with Crippen molar-refractivity contribution >= 4 is 25.1 Å². The summed E-state index contributed by atoms with van der Waals surface area (Å²) >= 11 is 0. The van der Waals surface area contributed by atoms with E-state index >= 15 is 0 Å². The van der Waals surface area contributed by atoms with Crippen molar-refractivity contribution in [3.05, 3.63) is 59.7 Å². The van der Waals surface area contributed by atoms with E-state index in [1.807, 2.05) is 0 Å². The summed E-state index contributed by atoms with van der Waals surface area (Å²) in [6.45, 7) is 25.1. The second-order valence-corrected chi connectivity index (χ2v) is 13.9. The van der Waals surface area contributed by atoms with Crippen molar-refractivity contribution in [1.82, 2.24) is 4.67 Å². The summed E-state index contributed by atoms with van der Waals surface area (Å²) in [6.07, 6.45) is 3.28. The fraction of sp³-hybridized carbons (Fsp3) is 0.581. The van der Waals surface area contributed by atoms with Crippen LogP contribution < -0.4 is 10.4 Å². The van der Waals surface area contributed by atoms with Crippen LogP contribution in [0.1, 0.15) is 118 Å². The van der Waals surface area contributed by atoms with Crippen molar-refractivity contribution in [2.24, 2.45) is 4.99 Å². The molecule has 1 unspecified atom stereocenters. The lowest BCUT2D eigenvalue weighted by molar-refractivity contribution is 0.359. The van der Waals surface area contributed by atoms with Gasteiger partial charge in [0.05, 0.1) is 5.54 Å². The Labute approximate surface area is 217 Å². The minimum atomic E-state index is -0.922. The van der Waals surface area contributed by atoms with Gasteiger partial charge < -0.3 is 9.76 Å². The van der Waals surface area contributed by atoms with Crippen molar-refractivity contribution in [3.63, 3.8) is 0 Å². The second-order valence-electron chi connectivity index (χ2n) is 12.2. The first-order valence-electron chi connectivity index (χ1n) is 13.4. The van der Waals surface area contributed by atoms with E-state index in [0.717, 1.165) is 19.3 Å². The third kappa shape index (κ3) is 8.35. The lowest BCUT2D eigenvalue weighted by Gasteiger charge is -2.45. The Hall–Kier alpha value is -1.86. The zero-order valence-corrected chi connectivity index (χ0v) is 25.1. The molecule has 0 aromatic heterocycles. The molecule has 0 bridgehead atoms. The molecule has 4 heteroatoms. The quantitative estimate of drug-likeness (QED) is 0.213. The molecule has 0 heterocycles. The number of nitrogens with zero attached hydrogens (tertiary/aromatic N) is 2. The minimum Gasteiger partial charge on any atom is -0.344 e. The highest BCUT2D eigenvalue weighted by Gasteiger charge is 2.35.